The Morgan fingerprint density at radius 3 is 2.69 bits per heavy atom. The Bertz CT molecular complexity index is 1640. The molecule has 10 nitrogen and oxygen atoms in total. The minimum absolute atomic E-state index is 0.0192. The van der Waals surface area contributed by atoms with Gasteiger partial charge in [0.2, 0.25) is 16.3 Å². The van der Waals surface area contributed by atoms with E-state index in [1.165, 1.54) is 25.4 Å². The average Bonchev–Trinajstić information content (AvgIpc) is 3.45. The van der Waals surface area contributed by atoms with E-state index in [-0.39, 0.29) is 42.9 Å². The highest BCUT2D eigenvalue weighted by atomic mass is 32.2. The van der Waals surface area contributed by atoms with Crippen molar-refractivity contribution < 1.29 is 32.5 Å². The quantitative estimate of drug-likeness (QED) is 0.243. The first kappa shape index (κ1) is 29.7. The highest BCUT2D eigenvalue weighted by molar-refractivity contribution is 7.89. The van der Waals surface area contributed by atoms with E-state index in [0.717, 1.165) is 20.0 Å². The van der Waals surface area contributed by atoms with Gasteiger partial charge in [-0.05, 0) is 64.9 Å². The summed E-state index contributed by atoms with van der Waals surface area (Å²) in [6.45, 7) is -0.508. The number of allylic oxidation sites excluding steroid dienone is 1. The minimum Gasteiger partial charge on any atom is -0.497 e. The summed E-state index contributed by atoms with van der Waals surface area (Å²) in [6, 6.07) is 17.5. The standard InChI is InChI=1S/C30H31N3O7S2/c1-38-23-8-10-24(11-9-23)42(36,37)33(13-15-34)14-16-39-29-18-21(26-20-41-28-7-3-2-6-25(26)28)17-27(40-29)30(35)32-22-5-4-12-31-19-22/h2-12,17,19-21,29,34H,13-16,18H2,1H3,(H,32,35)/t21-,29+/m0/s1. The lowest BCUT2D eigenvalue weighted by Gasteiger charge is -2.30. The van der Waals surface area contributed by atoms with Gasteiger partial charge < -0.3 is 24.6 Å². The molecule has 0 aliphatic carbocycles. The number of anilines is 1. The third kappa shape index (κ3) is 6.80. The number of hydrogen-bond donors (Lipinski definition) is 2. The SMILES string of the molecule is COc1ccc(S(=O)(=O)N(CCO)CCO[C@H]2C[C@@H](c3csc4ccccc34)C=C(C(=O)Nc3cccnc3)O2)cc1. The monoisotopic (exact) mass is 609 g/mol. The maximum Gasteiger partial charge on any atom is 0.290 e. The molecule has 0 fully saturated rings. The van der Waals surface area contributed by atoms with Crippen molar-refractivity contribution in [2.75, 3.05) is 38.7 Å². The van der Waals surface area contributed by atoms with Crippen molar-refractivity contribution in [1.29, 1.82) is 0 Å². The fourth-order valence-electron chi connectivity index (χ4n) is 4.70. The molecule has 220 valence electrons. The summed E-state index contributed by atoms with van der Waals surface area (Å²) in [7, 11) is -2.40. The van der Waals surface area contributed by atoms with Gasteiger partial charge in [0.1, 0.15) is 5.75 Å². The summed E-state index contributed by atoms with van der Waals surface area (Å²) < 4.78 is 46.0. The van der Waals surface area contributed by atoms with Gasteiger partial charge in [-0.3, -0.25) is 9.78 Å². The van der Waals surface area contributed by atoms with Crippen molar-refractivity contribution in [3.05, 3.63) is 95.8 Å². The van der Waals surface area contributed by atoms with Gasteiger partial charge in [0.15, 0.2) is 5.76 Å². The van der Waals surface area contributed by atoms with E-state index in [4.69, 9.17) is 14.2 Å². The van der Waals surface area contributed by atoms with Crippen molar-refractivity contribution in [2.45, 2.75) is 23.5 Å². The number of carbonyl (C=O) groups excluding carboxylic acids is 1. The molecule has 2 atom stereocenters. The van der Waals surface area contributed by atoms with Crippen LogP contribution in [0.15, 0.2) is 95.2 Å². The lowest BCUT2D eigenvalue weighted by Crippen LogP contribution is -2.37. The van der Waals surface area contributed by atoms with Gasteiger partial charge in [-0.25, -0.2) is 8.42 Å². The van der Waals surface area contributed by atoms with Gasteiger partial charge in [-0.2, -0.15) is 4.31 Å². The first-order chi connectivity index (χ1) is 20.4. The first-order valence-electron chi connectivity index (χ1n) is 13.3. The Morgan fingerprint density at radius 2 is 1.95 bits per heavy atom. The molecule has 2 N–H and O–H groups in total. The number of benzene rings is 2. The van der Waals surface area contributed by atoms with Gasteiger partial charge in [0, 0.05) is 36.3 Å². The molecule has 3 heterocycles. The van der Waals surface area contributed by atoms with Crippen LogP contribution < -0.4 is 10.1 Å². The molecule has 1 aliphatic heterocycles. The second-order valence-electron chi connectivity index (χ2n) is 9.48. The number of amides is 1. The fraction of sp³-hybridized carbons (Fsp3) is 0.267. The smallest absolute Gasteiger partial charge is 0.290 e. The molecular formula is C30H31N3O7S2. The second-order valence-corrected chi connectivity index (χ2v) is 12.3. The number of ether oxygens (including phenoxy) is 3. The Kier molecular flexibility index (Phi) is 9.50. The molecule has 0 bridgehead atoms. The van der Waals surface area contributed by atoms with E-state index in [0.29, 0.717) is 17.9 Å². The lowest BCUT2D eigenvalue weighted by molar-refractivity contribution is -0.143. The Labute approximate surface area is 248 Å². The number of carbonyl (C=O) groups is 1. The molecule has 0 radical (unpaired) electrons. The van der Waals surface area contributed by atoms with E-state index in [9.17, 15) is 18.3 Å². The predicted octanol–water partition coefficient (Wildman–Crippen LogP) is 4.36. The third-order valence-corrected chi connectivity index (χ3v) is 9.70. The van der Waals surface area contributed by atoms with Crippen LogP contribution in [0.2, 0.25) is 0 Å². The van der Waals surface area contributed by atoms with Crippen molar-refractivity contribution in [1.82, 2.24) is 9.29 Å². The summed E-state index contributed by atoms with van der Waals surface area (Å²) in [4.78, 5) is 17.3. The van der Waals surface area contributed by atoms with Gasteiger partial charge in [0.05, 0.1) is 37.1 Å². The lowest BCUT2D eigenvalue weighted by atomic mass is 9.92. The first-order valence-corrected chi connectivity index (χ1v) is 15.6. The summed E-state index contributed by atoms with van der Waals surface area (Å²) in [5.74, 6) is 0.0224. The largest absolute Gasteiger partial charge is 0.497 e. The van der Waals surface area contributed by atoms with E-state index in [1.807, 2.05) is 18.2 Å². The number of hydrogen-bond acceptors (Lipinski definition) is 9. The number of fused-ring (bicyclic) bond motifs is 1. The zero-order chi connectivity index (χ0) is 29.5. The summed E-state index contributed by atoms with van der Waals surface area (Å²) in [5, 5.41) is 15.5. The molecule has 0 saturated carbocycles. The normalized spacial score (nSPS) is 17.1. The summed E-state index contributed by atoms with van der Waals surface area (Å²) in [5.41, 5.74) is 1.58. The number of rotatable bonds is 12. The number of nitrogens with one attached hydrogen (secondary N) is 1. The molecule has 12 heteroatoms. The van der Waals surface area contributed by atoms with Crippen LogP contribution in [0.25, 0.3) is 10.1 Å². The molecule has 0 spiro atoms. The van der Waals surface area contributed by atoms with E-state index >= 15 is 0 Å². The molecule has 1 aliphatic rings. The second kappa shape index (κ2) is 13.4. The van der Waals surface area contributed by atoms with Crippen molar-refractivity contribution in [2.24, 2.45) is 0 Å². The predicted molar refractivity (Wildman–Crippen MR) is 160 cm³/mol. The van der Waals surface area contributed by atoms with Gasteiger partial charge >= 0.3 is 0 Å². The molecule has 4 aromatic rings. The minimum atomic E-state index is -3.90. The van der Waals surface area contributed by atoms with Crippen molar-refractivity contribution in [3.8, 4) is 5.75 Å². The number of pyridine rings is 1. The molecule has 2 aromatic heterocycles. The maximum absolute atomic E-state index is 13.3. The molecular weight excluding hydrogens is 578 g/mol. The molecule has 0 saturated heterocycles. The molecule has 2 aromatic carbocycles. The number of sulfonamides is 1. The third-order valence-electron chi connectivity index (χ3n) is 6.80. The molecule has 0 unspecified atom stereocenters. The van der Waals surface area contributed by atoms with Gasteiger partial charge in [0.25, 0.3) is 5.91 Å². The highest BCUT2D eigenvalue weighted by Gasteiger charge is 2.31. The van der Waals surface area contributed by atoms with Crippen LogP contribution in [0.1, 0.15) is 17.9 Å². The Hall–Kier alpha value is -3.81. The van der Waals surface area contributed by atoms with Crippen LogP contribution in [-0.2, 0) is 24.3 Å². The number of aliphatic hydroxyl groups excluding tert-OH is 1. The van der Waals surface area contributed by atoms with Crippen molar-refractivity contribution >= 4 is 43.0 Å². The van der Waals surface area contributed by atoms with Crippen LogP contribution in [0.4, 0.5) is 5.69 Å². The zero-order valence-corrected chi connectivity index (χ0v) is 24.5. The Balaban J connectivity index is 1.32. The molecule has 5 rings (SSSR count). The summed E-state index contributed by atoms with van der Waals surface area (Å²) >= 11 is 1.63. The van der Waals surface area contributed by atoms with Crippen LogP contribution >= 0.6 is 11.3 Å². The van der Waals surface area contributed by atoms with Gasteiger partial charge in [-0.1, -0.05) is 18.2 Å². The number of nitrogens with zero attached hydrogens (tertiary/aromatic N) is 2. The zero-order valence-electron chi connectivity index (χ0n) is 22.9. The molecule has 42 heavy (non-hydrogen) atoms. The van der Waals surface area contributed by atoms with Gasteiger partial charge in [-0.15, -0.1) is 11.3 Å². The van der Waals surface area contributed by atoms with Crippen LogP contribution in [0.3, 0.4) is 0 Å². The highest BCUT2D eigenvalue weighted by Crippen LogP contribution is 2.38. The molecule has 1 amide bonds. The Morgan fingerprint density at radius 1 is 1.14 bits per heavy atom. The van der Waals surface area contributed by atoms with E-state index < -0.39 is 22.2 Å². The topological polar surface area (TPSA) is 127 Å². The van der Waals surface area contributed by atoms with E-state index in [2.05, 4.69) is 21.7 Å². The number of thiophene rings is 1. The number of aliphatic hydroxyl groups is 1. The fourth-order valence-corrected chi connectivity index (χ4v) is 7.14. The van der Waals surface area contributed by atoms with Crippen LogP contribution in [-0.4, -0.2) is 68.4 Å². The van der Waals surface area contributed by atoms with Crippen LogP contribution in [0.5, 0.6) is 5.75 Å². The van der Waals surface area contributed by atoms with Crippen LogP contribution in [0, 0.1) is 0 Å². The number of methoxy groups -OCH3 is 1. The van der Waals surface area contributed by atoms with Crippen molar-refractivity contribution in [3.63, 3.8) is 0 Å². The average molecular weight is 610 g/mol. The van der Waals surface area contributed by atoms with E-state index in [1.54, 1.807) is 47.9 Å². The maximum atomic E-state index is 13.3. The number of aromatic nitrogens is 1. The summed E-state index contributed by atoms with van der Waals surface area (Å²) in [6.07, 6.45) is 4.57.